The van der Waals surface area contributed by atoms with Crippen molar-refractivity contribution in [1.29, 1.82) is 0 Å². The molecule has 0 amide bonds. The molecule has 3 aromatic rings. The van der Waals surface area contributed by atoms with E-state index in [1.54, 1.807) is 12.1 Å². The summed E-state index contributed by atoms with van der Waals surface area (Å²) in [7, 11) is 0. The van der Waals surface area contributed by atoms with Crippen molar-refractivity contribution in [3.63, 3.8) is 0 Å². The summed E-state index contributed by atoms with van der Waals surface area (Å²) < 4.78 is 18.6. The number of rotatable bonds is 1. The third-order valence-electron chi connectivity index (χ3n) is 2.79. The molecular formula is C14H11FN2O. The molecule has 18 heavy (non-hydrogen) atoms. The van der Waals surface area contributed by atoms with Gasteiger partial charge in [0, 0.05) is 11.8 Å². The maximum absolute atomic E-state index is 13.1. The van der Waals surface area contributed by atoms with Crippen molar-refractivity contribution in [2.75, 3.05) is 5.73 Å². The second kappa shape index (κ2) is 3.84. The molecular weight excluding hydrogens is 231 g/mol. The summed E-state index contributed by atoms with van der Waals surface area (Å²) in [6.45, 7) is 1.96. The molecule has 0 aliphatic carbocycles. The van der Waals surface area contributed by atoms with E-state index in [-0.39, 0.29) is 5.82 Å². The smallest absolute Gasteiger partial charge is 0.229 e. The number of aryl methyl sites for hydroxylation is 1. The SMILES string of the molecule is Cc1ccc(N)c(-c2nc3ccc(F)cc3o2)c1. The minimum Gasteiger partial charge on any atom is -0.436 e. The first-order chi connectivity index (χ1) is 8.63. The topological polar surface area (TPSA) is 52.0 Å². The third kappa shape index (κ3) is 1.72. The quantitative estimate of drug-likeness (QED) is 0.664. The van der Waals surface area contributed by atoms with Crippen molar-refractivity contribution in [2.24, 2.45) is 0 Å². The molecule has 0 bridgehead atoms. The molecule has 2 aromatic carbocycles. The van der Waals surface area contributed by atoms with E-state index in [4.69, 9.17) is 10.2 Å². The molecule has 0 atom stereocenters. The van der Waals surface area contributed by atoms with E-state index in [1.165, 1.54) is 12.1 Å². The van der Waals surface area contributed by atoms with Crippen LogP contribution < -0.4 is 5.73 Å². The van der Waals surface area contributed by atoms with Crippen LogP contribution >= 0.6 is 0 Å². The molecule has 4 heteroatoms. The number of halogens is 1. The first-order valence-corrected chi connectivity index (χ1v) is 5.56. The van der Waals surface area contributed by atoms with E-state index < -0.39 is 0 Å². The summed E-state index contributed by atoms with van der Waals surface area (Å²) in [6.07, 6.45) is 0. The Hall–Kier alpha value is -2.36. The van der Waals surface area contributed by atoms with Crippen LogP contribution in [0.2, 0.25) is 0 Å². The number of oxazole rings is 1. The van der Waals surface area contributed by atoms with Crippen LogP contribution in [0.25, 0.3) is 22.6 Å². The van der Waals surface area contributed by atoms with Gasteiger partial charge in [0.25, 0.3) is 0 Å². The van der Waals surface area contributed by atoms with Gasteiger partial charge in [0.1, 0.15) is 11.3 Å². The average Bonchev–Trinajstić information content (AvgIpc) is 2.74. The van der Waals surface area contributed by atoms with Crippen LogP contribution in [0.1, 0.15) is 5.56 Å². The Balaban J connectivity index is 2.22. The number of aromatic nitrogens is 1. The highest BCUT2D eigenvalue weighted by Gasteiger charge is 2.11. The summed E-state index contributed by atoms with van der Waals surface area (Å²) in [4.78, 5) is 4.31. The average molecular weight is 242 g/mol. The van der Waals surface area contributed by atoms with Crippen LogP contribution in [0.5, 0.6) is 0 Å². The monoisotopic (exact) mass is 242 g/mol. The molecule has 2 N–H and O–H groups in total. The van der Waals surface area contributed by atoms with Crippen LogP contribution in [0.3, 0.4) is 0 Å². The van der Waals surface area contributed by atoms with E-state index in [1.807, 2.05) is 19.1 Å². The van der Waals surface area contributed by atoms with Crippen molar-refractivity contribution in [2.45, 2.75) is 6.92 Å². The molecule has 3 nitrogen and oxygen atoms in total. The maximum atomic E-state index is 13.1. The van der Waals surface area contributed by atoms with E-state index >= 15 is 0 Å². The fourth-order valence-corrected chi connectivity index (χ4v) is 1.87. The van der Waals surface area contributed by atoms with Crippen molar-refractivity contribution in [3.05, 3.63) is 47.8 Å². The number of benzene rings is 2. The summed E-state index contributed by atoms with van der Waals surface area (Å²) in [5, 5.41) is 0. The van der Waals surface area contributed by atoms with E-state index in [2.05, 4.69) is 4.98 Å². The van der Waals surface area contributed by atoms with Gasteiger partial charge < -0.3 is 10.2 Å². The molecule has 0 aliphatic rings. The molecule has 0 spiro atoms. The number of hydrogen-bond acceptors (Lipinski definition) is 3. The van der Waals surface area contributed by atoms with E-state index in [9.17, 15) is 4.39 Å². The van der Waals surface area contributed by atoms with Gasteiger partial charge in [0.15, 0.2) is 5.58 Å². The van der Waals surface area contributed by atoms with Gasteiger partial charge in [-0.15, -0.1) is 0 Å². The molecule has 3 rings (SSSR count). The highest BCUT2D eigenvalue weighted by Crippen LogP contribution is 2.29. The normalized spacial score (nSPS) is 11.0. The van der Waals surface area contributed by atoms with Gasteiger partial charge in [-0.05, 0) is 31.2 Å². The summed E-state index contributed by atoms with van der Waals surface area (Å²) in [6, 6.07) is 9.88. The Morgan fingerprint density at radius 3 is 2.83 bits per heavy atom. The van der Waals surface area contributed by atoms with Crippen LogP contribution in [-0.2, 0) is 0 Å². The molecule has 0 saturated heterocycles. The van der Waals surface area contributed by atoms with Gasteiger partial charge >= 0.3 is 0 Å². The second-order valence-electron chi connectivity index (χ2n) is 4.22. The van der Waals surface area contributed by atoms with Crippen molar-refractivity contribution in [3.8, 4) is 11.5 Å². The Labute approximate surface area is 103 Å². The molecule has 1 aromatic heterocycles. The van der Waals surface area contributed by atoms with Crippen LogP contribution in [-0.4, -0.2) is 4.98 Å². The molecule has 0 unspecified atom stereocenters. The van der Waals surface area contributed by atoms with Crippen LogP contribution in [0.15, 0.2) is 40.8 Å². The van der Waals surface area contributed by atoms with E-state index in [0.29, 0.717) is 22.7 Å². The minimum atomic E-state index is -0.345. The lowest BCUT2D eigenvalue weighted by molar-refractivity contribution is 0.602. The Bertz CT molecular complexity index is 734. The molecule has 1 heterocycles. The largest absolute Gasteiger partial charge is 0.436 e. The fraction of sp³-hybridized carbons (Fsp3) is 0.0714. The molecule has 0 radical (unpaired) electrons. The highest BCUT2D eigenvalue weighted by molar-refractivity contribution is 5.79. The first-order valence-electron chi connectivity index (χ1n) is 5.56. The van der Waals surface area contributed by atoms with E-state index in [0.717, 1.165) is 11.1 Å². The second-order valence-corrected chi connectivity index (χ2v) is 4.22. The number of hydrogen-bond donors (Lipinski definition) is 1. The lowest BCUT2D eigenvalue weighted by atomic mass is 10.1. The molecule has 90 valence electrons. The predicted octanol–water partition coefficient (Wildman–Crippen LogP) is 3.52. The number of fused-ring (bicyclic) bond motifs is 1. The zero-order valence-electron chi connectivity index (χ0n) is 9.77. The highest BCUT2D eigenvalue weighted by atomic mass is 19.1. The third-order valence-corrected chi connectivity index (χ3v) is 2.79. The number of nitrogen functional groups attached to an aromatic ring is 1. The summed E-state index contributed by atoms with van der Waals surface area (Å²) in [5.74, 6) is 0.0687. The molecule has 0 aliphatic heterocycles. The lowest BCUT2D eigenvalue weighted by Crippen LogP contribution is -1.90. The summed E-state index contributed by atoms with van der Waals surface area (Å²) in [5.41, 5.74) is 9.32. The van der Waals surface area contributed by atoms with Crippen molar-refractivity contribution >= 4 is 16.8 Å². The van der Waals surface area contributed by atoms with Gasteiger partial charge in [-0.2, -0.15) is 0 Å². The fourth-order valence-electron chi connectivity index (χ4n) is 1.87. The standard InChI is InChI=1S/C14H11FN2O/c1-8-2-4-11(16)10(6-8)14-17-12-5-3-9(15)7-13(12)18-14/h2-7H,16H2,1H3. The lowest BCUT2D eigenvalue weighted by Gasteiger charge is -2.01. The Morgan fingerprint density at radius 1 is 1.17 bits per heavy atom. The zero-order chi connectivity index (χ0) is 12.7. The van der Waals surface area contributed by atoms with Gasteiger partial charge in [0.2, 0.25) is 5.89 Å². The van der Waals surface area contributed by atoms with Crippen molar-refractivity contribution < 1.29 is 8.81 Å². The number of nitrogens with two attached hydrogens (primary N) is 1. The number of nitrogens with zero attached hydrogens (tertiary/aromatic N) is 1. The van der Waals surface area contributed by atoms with Gasteiger partial charge in [-0.1, -0.05) is 11.6 Å². The minimum absolute atomic E-state index is 0.345. The van der Waals surface area contributed by atoms with Gasteiger partial charge in [0.05, 0.1) is 5.56 Å². The van der Waals surface area contributed by atoms with Crippen LogP contribution in [0, 0.1) is 12.7 Å². The summed E-state index contributed by atoms with van der Waals surface area (Å²) >= 11 is 0. The number of anilines is 1. The molecule has 0 saturated carbocycles. The Morgan fingerprint density at radius 2 is 2.00 bits per heavy atom. The van der Waals surface area contributed by atoms with Gasteiger partial charge in [-0.3, -0.25) is 0 Å². The van der Waals surface area contributed by atoms with Gasteiger partial charge in [-0.25, -0.2) is 9.37 Å². The first kappa shape index (κ1) is 10.8. The maximum Gasteiger partial charge on any atom is 0.229 e. The zero-order valence-corrected chi connectivity index (χ0v) is 9.77. The van der Waals surface area contributed by atoms with Crippen LogP contribution in [0.4, 0.5) is 10.1 Å². The molecule has 0 fully saturated rings. The predicted molar refractivity (Wildman–Crippen MR) is 68.6 cm³/mol. The van der Waals surface area contributed by atoms with Crippen molar-refractivity contribution in [1.82, 2.24) is 4.98 Å². The Kier molecular flexibility index (Phi) is 2.30.